The number of halogens is 3. The summed E-state index contributed by atoms with van der Waals surface area (Å²) in [7, 11) is 0. The van der Waals surface area contributed by atoms with Crippen LogP contribution in [0.4, 0.5) is 4.39 Å². The van der Waals surface area contributed by atoms with Crippen LogP contribution in [0.3, 0.4) is 0 Å². The first-order chi connectivity index (χ1) is 11.8. The molecule has 0 aliphatic carbocycles. The standard InChI is InChI=1S/C18H16Cl2FNO3/c1-11(13-4-7-15(19)16(20)9-13)22-17(23)10-25-18(24)8-12-2-5-14(21)6-3-12/h2-7,9,11H,8,10H2,1H3,(H,22,23)/t11-/m1/s1. The Hall–Kier alpha value is -2.11. The van der Waals surface area contributed by atoms with Crippen molar-refractivity contribution in [3.05, 3.63) is 69.5 Å². The lowest BCUT2D eigenvalue weighted by Crippen LogP contribution is -2.31. The van der Waals surface area contributed by atoms with E-state index in [1.807, 2.05) is 0 Å². The molecule has 25 heavy (non-hydrogen) atoms. The van der Waals surface area contributed by atoms with Crippen LogP contribution < -0.4 is 5.32 Å². The van der Waals surface area contributed by atoms with Crippen molar-refractivity contribution in [2.24, 2.45) is 0 Å². The van der Waals surface area contributed by atoms with Gasteiger partial charge in [-0.2, -0.15) is 0 Å². The quantitative estimate of drug-likeness (QED) is 0.764. The largest absolute Gasteiger partial charge is 0.455 e. The lowest BCUT2D eigenvalue weighted by atomic mass is 10.1. The van der Waals surface area contributed by atoms with Gasteiger partial charge in [0.2, 0.25) is 0 Å². The van der Waals surface area contributed by atoms with E-state index in [1.165, 1.54) is 24.3 Å². The van der Waals surface area contributed by atoms with Crippen LogP contribution in [-0.4, -0.2) is 18.5 Å². The van der Waals surface area contributed by atoms with Gasteiger partial charge in [0.1, 0.15) is 5.82 Å². The second kappa shape index (κ2) is 8.83. The number of carbonyl (C=O) groups excluding carboxylic acids is 2. The maximum absolute atomic E-state index is 12.8. The average molecular weight is 384 g/mol. The lowest BCUT2D eigenvalue weighted by molar-refractivity contribution is -0.148. The van der Waals surface area contributed by atoms with Crippen molar-refractivity contribution in [1.82, 2.24) is 5.32 Å². The second-order valence-electron chi connectivity index (χ2n) is 5.43. The van der Waals surface area contributed by atoms with Gasteiger partial charge in [-0.15, -0.1) is 0 Å². The van der Waals surface area contributed by atoms with Crippen molar-refractivity contribution in [1.29, 1.82) is 0 Å². The van der Waals surface area contributed by atoms with Gasteiger partial charge in [-0.05, 0) is 42.3 Å². The monoisotopic (exact) mass is 383 g/mol. The lowest BCUT2D eigenvalue weighted by Gasteiger charge is -2.15. The Morgan fingerprint density at radius 3 is 2.44 bits per heavy atom. The fourth-order valence-electron chi connectivity index (χ4n) is 2.11. The van der Waals surface area contributed by atoms with Crippen molar-refractivity contribution < 1.29 is 18.7 Å². The summed E-state index contributed by atoms with van der Waals surface area (Å²) in [6.07, 6.45) is -0.0318. The fraction of sp³-hybridized carbons (Fsp3) is 0.222. The minimum absolute atomic E-state index is 0.0318. The molecule has 132 valence electrons. The third kappa shape index (κ3) is 6.03. The minimum atomic E-state index is -0.566. The molecule has 0 aromatic heterocycles. The van der Waals surface area contributed by atoms with E-state index in [-0.39, 0.29) is 18.3 Å². The molecule has 7 heteroatoms. The minimum Gasteiger partial charge on any atom is -0.455 e. The van der Waals surface area contributed by atoms with Crippen LogP contribution >= 0.6 is 23.2 Å². The van der Waals surface area contributed by atoms with Crippen LogP contribution in [-0.2, 0) is 20.7 Å². The van der Waals surface area contributed by atoms with Crippen LogP contribution in [0.15, 0.2) is 42.5 Å². The molecule has 2 rings (SSSR count). The molecule has 1 amide bonds. The van der Waals surface area contributed by atoms with Crippen molar-refractivity contribution in [2.75, 3.05) is 6.61 Å². The first-order valence-corrected chi connectivity index (χ1v) is 8.25. The van der Waals surface area contributed by atoms with Gasteiger partial charge >= 0.3 is 5.97 Å². The summed E-state index contributed by atoms with van der Waals surface area (Å²) in [5, 5.41) is 3.53. The van der Waals surface area contributed by atoms with E-state index >= 15 is 0 Å². The van der Waals surface area contributed by atoms with E-state index in [0.29, 0.717) is 15.6 Å². The van der Waals surface area contributed by atoms with Gasteiger partial charge in [0, 0.05) is 0 Å². The number of carbonyl (C=O) groups is 2. The van der Waals surface area contributed by atoms with E-state index in [1.54, 1.807) is 25.1 Å². The summed E-state index contributed by atoms with van der Waals surface area (Å²) in [5.41, 5.74) is 1.39. The van der Waals surface area contributed by atoms with E-state index in [0.717, 1.165) is 5.56 Å². The van der Waals surface area contributed by atoms with Crippen molar-refractivity contribution in [3.63, 3.8) is 0 Å². The maximum Gasteiger partial charge on any atom is 0.310 e. The molecule has 0 saturated heterocycles. The number of rotatable bonds is 6. The Balaban J connectivity index is 1.80. The van der Waals surface area contributed by atoms with E-state index in [9.17, 15) is 14.0 Å². The predicted molar refractivity (Wildman–Crippen MR) is 94.1 cm³/mol. The van der Waals surface area contributed by atoms with Crippen molar-refractivity contribution in [3.8, 4) is 0 Å². The Labute approximate surface area is 154 Å². The highest BCUT2D eigenvalue weighted by Crippen LogP contribution is 2.25. The Morgan fingerprint density at radius 1 is 1.12 bits per heavy atom. The molecule has 0 radical (unpaired) electrons. The predicted octanol–water partition coefficient (Wildman–Crippen LogP) is 4.10. The van der Waals surface area contributed by atoms with Crippen molar-refractivity contribution in [2.45, 2.75) is 19.4 Å². The maximum atomic E-state index is 12.8. The molecule has 2 aromatic carbocycles. The molecule has 0 heterocycles. The first kappa shape index (κ1) is 19.2. The molecule has 4 nitrogen and oxygen atoms in total. The van der Waals surface area contributed by atoms with Crippen LogP contribution in [0.5, 0.6) is 0 Å². The molecule has 0 aliphatic heterocycles. The number of amides is 1. The van der Waals surface area contributed by atoms with Gasteiger partial charge in [0.25, 0.3) is 5.91 Å². The zero-order valence-corrected chi connectivity index (χ0v) is 14.9. The summed E-state index contributed by atoms with van der Waals surface area (Å²) < 4.78 is 17.7. The third-order valence-corrected chi connectivity index (χ3v) is 4.19. The van der Waals surface area contributed by atoms with Gasteiger partial charge < -0.3 is 10.1 Å². The highest BCUT2D eigenvalue weighted by molar-refractivity contribution is 6.42. The topological polar surface area (TPSA) is 55.4 Å². The Morgan fingerprint density at radius 2 is 1.80 bits per heavy atom. The number of nitrogens with one attached hydrogen (secondary N) is 1. The fourth-order valence-corrected chi connectivity index (χ4v) is 2.42. The molecule has 1 N–H and O–H groups in total. The zero-order valence-electron chi connectivity index (χ0n) is 13.4. The molecule has 0 fully saturated rings. The molecule has 0 spiro atoms. The van der Waals surface area contributed by atoms with Gasteiger partial charge in [-0.1, -0.05) is 41.4 Å². The van der Waals surface area contributed by atoms with Crippen molar-refractivity contribution >= 4 is 35.1 Å². The normalized spacial score (nSPS) is 11.7. The van der Waals surface area contributed by atoms with Gasteiger partial charge in [0.05, 0.1) is 22.5 Å². The first-order valence-electron chi connectivity index (χ1n) is 7.49. The van der Waals surface area contributed by atoms with E-state index in [4.69, 9.17) is 27.9 Å². The van der Waals surface area contributed by atoms with Crippen LogP contribution in [0.2, 0.25) is 10.0 Å². The van der Waals surface area contributed by atoms with Gasteiger partial charge in [-0.3, -0.25) is 9.59 Å². The highest BCUT2D eigenvalue weighted by atomic mass is 35.5. The van der Waals surface area contributed by atoms with Crippen LogP contribution in [0.1, 0.15) is 24.1 Å². The van der Waals surface area contributed by atoms with E-state index < -0.39 is 18.5 Å². The SMILES string of the molecule is C[C@@H](NC(=O)COC(=O)Cc1ccc(F)cc1)c1ccc(Cl)c(Cl)c1. The second-order valence-corrected chi connectivity index (χ2v) is 6.24. The Bertz CT molecular complexity index is 765. The molecule has 1 atom stereocenters. The molecule has 0 aliphatic rings. The number of hydrogen-bond acceptors (Lipinski definition) is 3. The van der Waals surface area contributed by atoms with Gasteiger partial charge in [-0.25, -0.2) is 4.39 Å². The highest BCUT2D eigenvalue weighted by Gasteiger charge is 2.13. The molecule has 0 bridgehead atoms. The molecular formula is C18H16Cl2FNO3. The average Bonchev–Trinajstić information content (AvgIpc) is 2.57. The smallest absolute Gasteiger partial charge is 0.310 e. The summed E-state index contributed by atoms with van der Waals surface area (Å²) in [4.78, 5) is 23.6. The Kier molecular flexibility index (Phi) is 6.79. The number of hydrogen-bond donors (Lipinski definition) is 1. The molecular weight excluding hydrogens is 368 g/mol. The van der Waals surface area contributed by atoms with Crippen LogP contribution in [0.25, 0.3) is 0 Å². The zero-order chi connectivity index (χ0) is 18.4. The summed E-state index contributed by atoms with van der Waals surface area (Å²) >= 11 is 11.8. The van der Waals surface area contributed by atoms with Crippen LogP contribution in [0, 0.1) is 5.82 Å². The van der Waals surface area contributed by atoms with E-state index in [2.05, 4.69) is 5.32 Å². The number of ether oxygens (including phenoxy) is 1. The summed E-state index contributed by atoms with van der Waals surface area (Å²) in [5.74, 6) is -1.39. The summed E-state index contributed by atoms with van der Waals surface area (Å²) in [6, 6.07) is 10.2. The molecule has 2 aromatic rings. The third-order valence-electron chi connectivity index (χ3n) is 3.45. The number of benzene rings is 2. The van der Waals surface area contributed by atoms with Gasteiger partial charge in [0.15, 0.2) is 6.61 Å². The molecule has 0 unspecified atom stereocenters. The summed E-state index contributed by atoms with van der Waals surface area (Å²) in [6.45, 7) is 1.38. The molecule has 0 saturated carbocycles. The number of esters is 1.